The minimum absolute atomic E-state index is 0. The van der Waals surface area contributed by atoms with Crippen LogP contribution in [0.4, 0.5) is 0 Å². The molecule has 2 heterocycles. The Hall–Kier alpha value is -0.850. The summed E-state index contributed by atoms with van der Waals surface area (Å²) in [4.78, 5) is 26.0. The standard InChI is InChI=1S/C14H23N3O3.ClH/c1-8-4-11(8)17-7-9(5-13(17)18)16-14(19)12-3-2-10(6-15)20-12;/h8-12H,2-7,15H2,1H3,(H,16,19);1H/t8?,9?,10-,11?,12+;/m1./s1. The van der Waals surface area contributed by atoms with Gasteiger partial charge in [-0.3, -0.25) is 9.59 Å². The number of nitrogens with one attached hydrogen (secondary N) is 1. The molecule has 0 spiro atoms. The van der Waals surface area contributed by atoms with Crippen molar-refractivity contribution in [3.8, 4) is 0 Å². The number of hydrogen-bond donors (Lipinski definition) is 2. The summed E-state index contributed by atoms with van der Waals surface area (Å²) in [5.41, 5.74) is 5.54. The van der Waals surface area contributed by atoms with Crippen molar-refractivity contribution in [1.29, 1.82) is 0 Å². The minimum atomic E-state index is -0.396. The van der Waals surface area contributed by atoms with Gasteiger partial charge in [-0.2, -0.15) is 0 Å². The van der Waals surface area contributed by atoms with Gasteiger partial charge in [-0.25, -0.2) is 0 Å². The largest absolute Gasteiger partial charge is 0.364 e. The van der Waals surface area contributed by atoms with Crippen LogP contribution < -0.4 is 11.1 Å². The van der Waals surface area contributed by atoms with E-state index in [0.29, 0.717) is 31.5 Å². The van der Waals surface area contributed by atoms with Crippen molar-refractivity contribution in [2.45, 2.75) is 56.9 Å². The highest BCUT2D eigenvalue weighted by Gasteiger charge is 2.45. The first kappa shape index (κ1) is 16.5. The van der Waals surface area contributed by atoms with Gasteiger partial charge >= 0.3 is 0 Å². The number of carbonyl (C=O) groups excluding carboxylic acids is 2. The third-order valence-corrected chi connectivity index (χ3v) is 4.64. The highest BCUT2D eigenvalue weighted by molar-refractivity contribution is 5.85. The van der Waals surface area contributed by atoms with Crippen molar-refractivity contribution < 1.29 is 14.3 Å². The zero-order valence-electron chi connectivity index (χ0n) is 12.3. The number of hydrogen-bond acceptors (Lipinski definition) is 4. The van der Waals surface area contributed by atoms with E-state index < -0.39 is 6.10 Å². The molecule has 120 valence electrons. The summed E-state index contributed by atoms with van der Waals surface area (Å²) >= 11 is 0. The number of rotatable bonds is 4. The van der Waals surface area contributed by atoms with Crippen LogP contribution in [-0.2, 0) is 14.3 Å². The highest BCUT2D eigenvalue weighted by Crippen LogP contribution is 2.37. The number of ether oxygens (including phenoxy) is 1. The van der Waals surface area contributed by atoms with Gasteiger partial charge in [0.1, 0.15) is 6.10 Å². The Morgan fingerprint density at radius 1 is 1.48 bits per heavy atom. The van der Waals surface area contributed by atoms with E-state index in [1.54, 1.807) is 0 Å². The Kier molecular flexibility index (Phi) is 5.11. The molecule has 0 aromatic heterocycles. The van der Waals surface area contributed by atoms with E-state index in [4.69, 9.17) is 10.5 Å². The maximum atomic E-state index is 12.1. The smallest absolute Gasteiger partial charge is 0.249 e. The number of nitrogens with zero attached hydrogens (tertiary/aromatic N) is 1. The van der Waals surface area contributed by atoms with Gasteiger partial charge in [0.05, 0.1) is 12.1 Å². The third-order valence-electron chi connectivity index (χ3n) is 4.64. The molecule has 6 nitrogen and oxygen atoms in total. The van der Waals surface area contributed by atoms with Crippen molar-refractivity contribution in [2.75, 3.05) is 13.1 Å². The third kappa shape index (κ3) is 3.49. The van der Waals surface area contributed by atoms with Crippen LogP contribution in [0.5, 0.6) is 0 Å². The van der Waals surface area contributed by atoms with E-state index in [1.165, 1.54) is 0 Å². The summed E-state index contributed by atoms with van der Waals surface area (Å²) in [5, 5.41) is 2.96. The molecule has 0 radical (unpaired) electrons. The van der Waals surface area contributed by atoms with Crippen LogP contribution >= 0.6 is 12.4 Å². The van der Waals surface area contributed by atoms with Crippen LogP contribution in [0.3, 0.4) is 0 Å². The zero-order valence-corrected chi connectivity index (χ0v) is 13.1. The second-order valence-corrected chi connectivity index (χ2v) is 6.30. The average molecular weight is 318 g/mol. The van der Waals surface area contributed by atoms with Gasteiger partial charge in [0, 0.05) is 25.6 Å². The Labute approximate surface area is 131 Å². The molecule has 3 fully saturated rings. The van der Waals surface area contributed by atoms with Gasteiger partial charge in [-0.1, -0.05) is 6.92 Å². The van der Waals surface area contributed by atoms with E-state index in [9.17, 15) is 9.59 Å². The van der Waals surface area contributed by atoms with Crippen molar-refractivity contribution in [1.82, 2.24) is 10.2 Å². The molecular formula is C14H24ClN3O3. The molecule has 1 saturated carbocycles. The summed E-state index contributed by atoms with van der Waals surface area (Å²) in [6, 6.07) is 0.331. The van der Waals surface area contributed by atoms with Gasteiger partial charge in [-0.05, 0) is 25.2 Å². The van der Waals surface area contributed by atoms with Crippen LogP contribution in [0.25, 0.3) is 0 Å². The molecule has 2 amide bonds. The predicted octanol–water partition coefficient (Wildman–Crippen LogP) is 0.0400. The average Bonchev–Trinajstić information content (AvgIpc) is 2.85. The second kappa shape index (κ2) is 6.50. The summed E-state index contributed by atoms with van der Waals surface area (Å²) in [5.74, 6) is 0.679. The minimum Gasteiger partial charge on any atom is -0.364 e. The van der Waals surface area contributed by atoms with Gasteiger partial charge in [0.2, 0.25) is 11.8 Å². The van der Waals surface area contributed by atoms with Crippen molar-refractivity contribution >= 4 is 24.2 Å². The highest BCUT2D eigenvalue weighted by atomic mass is 35.5. The van der Waals surface area contributed by atoms with Crippen molar-refractivity contribution in [2.24, 2.45) is 11.7 Å². The quantitative estimate of drug-likeness (QED) is 0.767. The molecule has 3 rings (SSSR count). The predicted molar refractivity (Wildman–Crippen MR) is 80.0 cm³/mol. The summed E-state index contributed by atoms with van der Waals surface area (Å²) in [6.07, 6.45) is 2.67. The van der Waals surface area contributed by atoms with Crippen LogP contribution in [0.15, 0.2) is 0 Å². The number of amides is 2. The van der Waals surface area contributed by atoms with E-state index in [-0.39, 0.29) is 36.4 Å². The monoisotopic (exact) mass is 317 g/mol. The second-order valence-electron chi connectivity index (χ2n) is 6.30. The molecule has 0 aromatic rings. The van der Waals surface area contributed by atoms with E-state index in [2.05, 4.69) is 12.2 Å². The fraction of sp³-hybridized carbons (Fsp3) is 0.857. The van der Waals surface area contributed by atoms with Crippen LogP contribution in [0, 0.1) is 5.92 Å². The lowest BCUT2D eigenvalue weighted by Gasteiger charge is -2.18. The molecular weight excluding hydrogens is 294 g/mol. The summed E-state index contributed by atoms with van der Waals surface area (Å²) < 4.78 is 5.58. The first-order chi connectivity index (χ1) is 9.58. The van der Waals surface area contributed by atoms with Crippen molar-refractivity contribution in [3.63, 3.8) is 0 Å². The first-order valence-corrected chi connectivity index (χ1v) is 7.54. The molecule has 3 unspecified atom stereocenters. The van der Waals surface area contributed by atoms with Crippen molar-refractivity contribution in [3.05, 3.63) is 0 Å². The van der Waals surface area contributed by atoms with E-state index >= 15 is 0 Å². The lowest BCUT2D eigenvalue weighted by molar-refractivity contribution is -0.132. The molecule has 3 aliphatic rings. The Balaban J connectivity index is 0.00000161. The van der Waals surface area contributed by atoms with Gasteiger partial charge in [0.15, 0.2) is 0 Å². The van der Waals surface area contributed by atoms with E-state index in [0.717, 1.165) is 19.3 Å². The molecule has 3 N–H and O–H groups in total. The molecule has 0 aromatic carbocycles. The van der Waals surface area contributed by atoms with Gasteiger partial charge in [0.25, 0.3) is 0 Å². The molecule has 21 heavy (non-hydrogen) atoms. The van der Waals surface area contributed by atoms with Gasteiger partial charge < -0.3 is 20.7 Å². The van der Waals surface area contributed by atoms with Crippen LogP contribution in [0.2, 0.25) is 0 Å². The Morgan fingerprint density at radius 2 is 2.19 bits per heavy atom. The maximum Gasteiger partial charge on any atom is 0.249 e. The first-order valence-electron chi connectivity index (χ1n) is 7.54. The number of halogens is 1. The molecule has 7 heteroatoms. The Bertz CT molecular complexity index is 420. The summed E-state index contributed by atoms with van der Waals surface area (Å²) in [6.45, 7) is 3.26. The molecule has 2 saturated heterocycles. The topological polar surface area (TPSA) is 84.7 Å². The maximum absolute atomic E-state index is 12.1. The lowest BCUT2D eigenvalue weighted by Crippen LogP contribution is -2.43. The molecule has 1 aliphatic carbocycles. The number of carbonyl (C=O) groups is 2. The fourth-order valence-electron chi connectivity index (χ4n) is 3.25. The molecule has 0 bridgehead atoms. The van der Waals surface area contributed by atoms with Crippen LogP contribution in [0.1, 0.15) is 32.6 Å². The zero-order chi connectivity index (χ0) is 14.3. The van der Waals surface area contributed by atoms with Crippen LogP contribution in [-0.4, -0.2) is 54.1 Å². The normalized spacial score (nSPS) is 38.3. The SMILES string of the molecule is CC1CC1N1CC(NC(=O)[C@@H]2CC[C@H](CN)O2)CC1=O.Cl. The lowest BCUT2D eigenvalue weighted by atomic mass is 10.1. The van der Waals surface area contributed by atoms with Gasteiger partial charge in [-0.15, -0.1) is 12.4 Å². The summed E-state index contributed by atoms with van der Waals surface area (Å²) in [7, 11) is 0. The number of likely N-dealkylation sites (tertiary alicyclic amines) is 1. The number of nitrogens with two attached hydrogens (primary N) is 1. The Morgan fingerprint density at radius 3 is 2.76 bits per heavy atom. The molecule has 2 aliphatic heterocycles. The fourth-order valence-corrected chi connectivity index (χ4v) is 3.25. The molecule has 5 atom stereocenters. The van der Waals surface area contributed by atoms with E-state index in [1.807, 2.05) is 4.90 Å².